The summed E-state index contributed by atoms with van der Waals surface area (Å²) in [6.45, 7) is 4.30. The van der Waals surface area contributed by atoms with Crippen LogP contribution in [0, 0.1) is 6.92 Å². The average Bonchev–Trinajstić information content (AvgIpc) is 3.11. The minimum absolute atomic E-state index is 0.494. The number of nitrogens with zero attached hydrogens (tertiary/aromatic N) is 4. The first kappa shape index (κ1) is 16.1. The van der Waals surface area contributed by atoms with Crippen molar-refractivity contribution >= 4 is 10.9 Å². The molecule has 3 aromatic rings. The fourth-order valence-corrected chi connectivity index (χ4v) is 3.64. The van der Waals surface area contributed by atoms with Gasteiger partial charge in [-0.05, 0) is 69.7 Å². The lowest BCUT2D eigenvalue weighted by Gasteiger charge is -2.28. The van der Waals surface area contributed by atoms with Gasteiger partial charge in [-0.3, -0.25) is 9.67 Å². The Hall–Kier alpha value is -2.40. The Balaban J connectivity index is 1.74. The minimum Gasteiger partial charge on any atom is -0.497 e. The van der Waals surface area contributed by atoms with Gasteiger partial charge in [0.1, 0.15) is 5.75 Å². The highest BCUT2D eigenvalue weighted by atomic mass is 16.5. The summed E-state index contributed by atoms with van der Waals surface area (Å²) in [7, 11) is 3.88. The number of aromatic nitrogens is 3. The molecule has 1 fully saturated rings. The molecule has 1 aromatic carbocycles. The largest absolute Gasteiger partial charge is 0.497 e. The van der Waals surface area contributed by atoms with Crippen molar-refractivity contribution in [1.82, 2.24) is 19.7 Å². The van der Waals surface area contributed by atoms with Gasteiger partial charge in [-0.15, -0.1) is 0 Å². The van der Waals surface area contributed by atoms with Crippen LogP contribution >= 0.6 is 0 Å². The topological polar surface area (TPSA) is 43.2 Å². The lowest BCUT2D eigenvalue weighted by Crippen LogP contribution is -2.31. The van der Waals surface area contributed by atoms with Gasteiger partial charge >= 0.3 is 0 Å². The second-order valence-corrected chi connectivity index (χ2v) is 6.94. The molecule has 5 heteroatoms. The number of benzene rings is 1. The van der Waals surface area contributed by atoms with Crippen LogP contribution in [0.3, 0.4) is 0 Å². The molecule has 0 aliphatic carbocycles. The van der Waals surface area contributed by atoms with E-state index in [1.165, 1.54) is 5.56 Å². The van der Waals surface area contributed by atoms with Crippen LogP contribution < -0.4 is 4.74 Å². The molecule has 2 aromatic heterocycles. The lowest BCUT2D eigenvalue weighted by molar-refractivity contribution is 0.212. The molecule has 0 saturated carbocycles. The standard InChI is InChI=1S/C20H24N4O/c1-14-10-18(19-11-17(25-3)4-5-20(19)22-14)15-12-21-24(13-15)16-6-8-23(2)9-7-16/h4-5,10-13,16H,6-9H2,1-3H3. The van der Waals surface area contributed by atoms with Crippen molar-refractivity contribution in [3.8, 4) is 16.9 Å². The van der Waals surface area contributed by atoms with Gasteiger partial charge in [-0.2, -0.15) is 5.10 Å². The molecule has 1 aliphatic heterocycles. The van der Waals surface area contributed by atoms with E-state index < -0.39 is 0 Å². The molecule has 1 saturated heterocycles. The SMILES string of the molecule is COc1ccc2nc(C)cc(-c3cnn(C4CCN(C)CC4)c3)c2c1. The number of hydrogen-bond donors (Lipinski definition) is 0. The third-order valence-corrected chi connectivity index (χ3v) is 5.12. The predicted molar refractivity (Wildman–Crippen MR) is 100 cm³/mol. The molecule has 0 unspecified atom stereocenters. The molecule has 1 aliphatic rings. The van der Waals surface area contributed by atoms with Crippen molar-refractivity contribution in [2.45, 2.75) is 25.8 Å². The smallest absolute Gasteiger partial charge is 0.119 e. The average molecular weight is 336 g/mol. The molecule has 0 radical (unpaired) electrons. The van der Waals surface area contributed by atoms with E-state index in [4.69, 9.17) is 4.74 Å². The summed E-state index contributed by atoms with van der Waals surface area (Å²) in [5.41, 5.74) is 4.31. The van der Waals surface area contributed by atoms with E-state index in [0.717, 1.165) is 53.8 Å². The van der Waals surface area contributed by atoms with E-state index in [-0.39, 0.29) is 0 Å². The van der Waals surface area contributed by atoms with Crippen LogP contribution in [0.4, 0.5) is 0 Å². The highest BCUT2D eigenvalue weighted by molar-refractivity contribution is 5.95. The molecule has 4 rings (SSSR count). The molecule has 130 valence electrons. The maximum absolute atomic E-state index is 5.40. The van der Waals surface area contributed by atoms with Crippen molar-refractivity contribution in [2.24, 2.45) is 0 Å². The number of fused-ring (bicyclic) bond motifs is 1. The maximum Gasteiger partial charge on any atom is 0.119 e. The number of likely N-dealkylation sites (tertiary alicyclic amines) is 1. The molecule has 0 N–H and O–H groups in total. The molecular formula is C20H24N4O. The molecule has 5 nitrogen and oxygen atoms in total. The molecule has 3 heterocycles. The van der Waals surface area contributed by atoms with Crippen LogP contribution in [0.1, 0.15) is 24.6 Å². The highest BCUT2D eigenvalue weighted by Crippen LogP contribution is 2.32. The molecule has 0 amide bonds. The molecule has 25 heavy (non-hydrogen) atoms. The summed E-state index contributed by atoms with van der Waals surface area (Å²) >= 11 is 0. The normalized spacial score (nSPS) is 16.4. The Morgan fingerprint density at radius 3 is 2.72 bits per heavy atom. The van der Waals surface area contributed by atoms with Gasteiger partial charge in [0, 0.05) is 22.8 Å². The number of methoxy groups -OCH3 is 1. The van der Waals surface area contributed by atoms with Gasteiger partial charge in [-0.1, -0.05) is 0 Å². The van der Waals surface area contributed by atoms with Gasteiger partial charge in [0.05, 0.1) is 24.9 Å². The molecular weight excluding hydrogens is 312 g/mol. The van der Waals surface area contributed by atoms with Gasteiger partial charge in [0.25, 0.3) is 0 Å². The van der Waals surface area contributed by atoms with Gasteiger partial charge < -0.3 is 9.64 Å². The second kappa shape index (κ2) is 6.48. The van der Waals surface area contributed by atoms with Crippen molar-refractivity contribution < 1.29 is 4.74 Å². The fourth-order valence-electron chi connectivity index (χ4n) is 3.64. The summed E-state index contributed by atoms with van der Waals surface area (Å²) in [5, 5.41) is 5.77. The van der Waals surface area contributed by atoms with Gasteiger partial charge in [-0.25, -0.2) is 0 Å². The van der Waals surface area contributed by atoms with E-state index in [1.54, 1.807) is 7.11 Å². The first-order valence-electron chi connectivity index (χ1n) is 8.82. The lowest BCUT2D eigenvalue weighted by atomic mass is 10.0. The second-order valence-electron chi connectivity index (χ2n) is 6.94. The zero-order valence-electron chi connectivity index (χ0n) is 15.1. The van der Waals surface area contributed by atoms with Crippen molar-refractivity contribution in [3.63, 3.8) is 0 Å². The Bertz CT molecular complexity index is 894. The molecule has 0 spiro atoms. The number of pyridine rings is 1. The van der Waals surface area contributed by atoms with Crippen LogP contribution in [-0.4, -0.2) is 46.9 Å². The first-order valence-corrected chi connectivity index (χ1v) is 8.82. The third kappa shape index (κ3) is 3.12. The Morgan fingerprint density at radius 1 is 1.16 bits per heavy atom. The van der Waals surface area contributed by atoms with Crippen LogP contribution in [-0.2, 0) is 0 Å². The van der Waals surface area contributed by atoms with Crippen LogP contribution in [0.25, 0.3) is 22.0 Å². The first-order chi connectivity index (χ1) is 12.1. The summed E-state index contributed by atoms with van der Waals surface area (Å²) in [5.74, 6) is 0.849. The van der Waals surface area contributed by atoms with E-state index in [2.05, 4.69) is 45.0 Å². The summed E-state index contributed by atoms with van der Waals surface area (Å²) in [4.78, 5) is 7.04. The van der Waals surface area contributed by atoms with Crippen LogP contribution in [0.5, 0.6) is 5.75 Å². The van der Waals surface area contributed by atoms with Crippen LogP contribution in [0.2, 0.25) is 0 Å². The van der Waals surface area contributed by atoms with E-state index in [0.29, 0.717) is 6.04 Å². The third-order valence-electron chi connectivity index (χ3n) is 5.12. The summed E-state index contributed by atoms with van der Waals surface area (Å²) in [6, 6.07) is 8.67. The zero-order chi connectivity index (χ0) is 17.4. The predicted octanol–water partition coefficient (Wildman–Crippen LogP) is 3.68. The summed E-state index contributed by atoms with van der Waals surface area (Å²) in [6.07, 6.45) is 6.47. The van der Waals surface area contributed by atoms with Crippen molar-refractivity contribution in [1.29, 1.82) is 0 Å². The van der Waals surface area contributed by atoms with Gasteiger partial charge in [0.15, 0.2) is 0 Å². The molecule has 0 bridgehead atoms. The number of ether oxygens (including phenoxy) is 1. The van der Waals surface area contributed by atoms with Gasteiger partial charge in [0.2, 0.25) is 0 Å². The number of aryl methyl sites for hydroxylation is 1. The monoisotopic (exact) mass is 336 g/mol. The Kier molecular flexibility index (Phi) is 4.17. The van der Waals surface area contributed by atoms with Crippen LogP contribution in [0.15, 0.2) is 36.7 Å². The molecule has 0 atom stereocenters. The van der Waals surface area contributed by atoms with Crippen molar-refractivity contribution in [3.05, 3.63) is 42.4 Å². The van der Waals surface area contributed by atoms with Crippen molar-refractivity contribution in [2.75, 3.05) is 27.2 Å². The van der Waals surface area contributed by atoms with E-state index in [9.17, 15) is 0 Å². The zero-order valence-corrected chi connectivity index (χ0v) is 15.1. The quantitative estimate of drug-likeness (QED) is 0.732. The fraction of sp³-hybridized carbons (Fsp3) is 0.400. The number of rotatable bonds is 3. The Morgan fingerprint density at radius 2 is 1.96 bits per heavy atom. The summed E-state index contributed by atoms with van der Waals surface area (Å²) < 4.78 is 7.54. The highest BCUT2D eigenvalue weighted by Gasteiger charge is 2.19. The number of hydrogen-bond acceptors (Lipinski definition) is 4. The number of piperidine rings is 1. The van der Waals surface area contributed by atoms with E-state index >= 15 is 0 Å². The van der Waals surface area contributed by atoms with E-state index in [1.807, 2.05) is 25.3 Å². The minimum atomic E-state index is 0.494. The maximum atomic E-state index is 5.40. The Labute approximate surface area is 148 Å².